The fourth-order valence-electron chi connectivity index (χ4n) is 0.701. The Hall–Kier alpha value is -0.740. The summed E-state index contributed by atoms with van der Waals surface area (Å²) in [7, 11) is 0. The molecule has 0 spiro atoms. The highest BCUT2D eigenvalue weighted by Gasteiger charge is 2.06. The van der Waals surface area contributed by atoms with Gasteiger partial charge in [0.25, 0.3) is 0 Å². The van der Waals surface area contributed by atoms with E-state index in [4.69, 9.17) is 16.7 Å². The smallest absolute Gasteiger partial charge is 0.335 e. The van der Waals surface area contributed by atoms with Gasteiger partial charge in [-0.25, -0.2) is 9.78 Å². The topological polar surface area (TPSA) is 50.2 Å². The number of nitrogens with zero attached hydrogens (tertiary/aromatic N) is 1. The van der Waals surface area contributed by atoms with E-state index in [9.17, 15) is 4.79 Å². The Bertz CT molecular complexity index is 316. The van der Waals surface area contributed by atoms with Gasteiger partial charge < -0.3 is 5.11 Å². The molecule has 1 rings (SSSR count). The molecule has 0 unspecified atom stereocenters. The molecule has 1 N–H and O–H groups in total. The van der Waals surface area contributed by atoms with Gasteiger partial charge in [-0.2, -0.15) is 0 Å². The molecule has 0 aliphatic carbocycles. The molecule has 3 nitrogen and oxygen atoms in total. The monoisotopic (exact) mass is 203 g/mol. The van der Waals surface area contributed by atoms with Crippen molar-refractivity contribution in [1.82, 2.24) is 4.98 Å². The predicted octanol–water partition coefficient (Wildman–Crippen LogP) is 2.16. The first-order valence-electron chi connectivity index (χ1n) is 3.08. The van der Waals surface area contributed by atoms with Crippen molar-refractivity contribution in [2.24, 2.45) is 0 Å². The van der Waals surface area contributed by atoms with Crippen LogP contribution in [0.4, 0.5) is 0 Å². The number of hydrogen-bond acceptors (Lipinski definition) is 3. The van der Waals surface area contributed by atoms with Crippen molar-refractivity contribution in [1.29, 1.82) is 0 Å². The molecule has 0 saturated heterocycles. The lowest BCUT2D eigenvalue weighted by atomic mass is 10.3. The average Bonchev–Trinajstić information content (AvgIpc) is 2.03. The quantitative estimate of drug-likeness (QED) is 0.591. The molecule has 12 heavy (non-hydrogen) atoms. The van der Waals surface area contributed by atoms with Gasteiger partial charge in [0.15, 0.2) is 0 Å². The summed E-state index contributed by atoms with van der Waals surface area (Å²) in [6, 6.07) is 2.81. The Kier molecular flexibility index (Phi) is 2.94. The first-order valence-corrected chi connectivity index (χ1v) is 4.68. The maximum atomic E-state index is 10.5. The Labute approximate surface area is 78.8 Å². The van der Waals surface area contributed by atoms with E-state index in [-0.39, 0.29) is 10.7 Å². The van der Waals surface area contributed by atoms with Gasteiger partial charge in [0.1, 0.15) is 5.15 Å². The van der Waals surface area contributed by atoms with Crippen LogP contribution < -0.4 is 0 Å². The highest BCUT2D eigenvalue weighted by molar-refractivity contribution is 7.98. The highest BCUT2D eigenvalue weighted by Crippen LogP contribution is 2.17. The van der Waals surface area contributed by atoms with Crippen LogP contribution in [0, 0.1) is 0 Å². The Morgan fingerprint density at radius 3 is 2.83 bits per heavy atom. The average molecular weight is 204 g/mol. The third-order valence-electron chi connectivity index (χ3n) is 1.23. The van der Waals surface area contributed by atoms with E-state index >= 15 is 0 Å². The zero-order valence-corrected chi connectivity index (χ0v) is 7.82. The maximum absolute atomic E-state index is 10.5. The predicted molar refractivity (Wildman–Crippen MR) is 48.0 cm³/mol. The molecule has 0 fully saturated rings. The van der Waals surface area contributed by atoms with Crippen molar-refractivity contribution in [2.75, 3.05) is 6.26 Å². The number of rotatable bonds is 2. The summed E-state index contributed by atoms with van der Waals surface area (Å²) in [5.74, 6) is -0.991. The van der Waals surface area contributed by atoms with Gasteiger partial charge in [-0.15, -0.1) is 11.8 Å². The highest BCUT2D eigenvalue weighted by atomic mass is 35.5. The lowest BCUT2D eigenvalue weighted by Crippen LogP contribution is -1.97. The van der Waals surface area contributed by atoms with Crippen LogP contribution >= 0.6 is 23.4 Å². The minimum Gasteiger partial charge on any atom is -0.478 e. The van der Waals surface area contributed by atoms with E-state index in [1.807, 2.05) is 6.26 Å². The fourth-order valence-corrected chi connectivity index (χ4v) is 1.39. The van der Waals surface area contributed by atoms with Gasteiger partial charge >= 0.3 is 5.97 Å². The van der Waals surface area contributed by atoms with E-state index in [1.165, 1.54) is 23.9 Å². The SMILES string of the molecule is CSc1cc(C(=O)O)cc(Cl)n1. The lowest BCUT2D eigenvalue weighted by Gasteiger charge is -1.98. The van der Waals surface area contributed by atoms with E-state index < -0.39 is 5.97 Å². The molecule has 5 heteroatoms. The van der Waals surface area contributed by atoms with Gasteiger partial charge in [-0.05, 0) is 18.4 Å². The van der Waals surface area contributed by atoms with Crippen LogP contribution in [-0.2, 0) is 0 Å². The van der Waals surface area contributed by atoms with Gasteiger partial charge in [0.2, 0.25) is 0 Å². The van der Waals surface area contributed by atoms with Crippen molar-refractivity contribution < 1.29 is 9.90 Å². The molecule has 1 heterocycles. The third-order valence-corrected chi connectivity index (χ3v) is 2.05. The summed E-state index contributed by atoms with van der Waals surface area (Å²) >= 11 is 6.94. The number of aromatic carboxylic acids is 1. The minimum absolute atomic E-state index is 0.166. The summed E-state index contributed by atoms with van der Waals surface area (Å²) < 4.78 is 0. The lowest BCUT2D eigenvalue weighted by molar-refractivity contribution is 0.0696. The molecule has 0 aromatic carbocycles. The van der Waals surface area contributed by atoms with Crippen LogP contribution in [0.15, 0.2) is 17.2 Å². The van der Waals surface area contributed by atoms with Crippen LogP contribution in [0.2, 0.25) is 5.15 Å². The van der Waals surface area contributed by atoms with Crippen LogP contribution in [0.5, 0.6) is 0 Å². The van der Waals surface area contributed by atoms with Crippen molar-refractivity contribution in [3.63, 3.8) is 0 Å². The summed E-state index contributed by atoms with van der Waals surface area (Å²) in [4.78, 5) is 14.4. The molecule has 0 radical (unpaired) electrons. The van der Waals surface area contributed by atoms with E-state index in [1.54, 1.807) is 0 Å². The van der Waals surface area contributed by atoms with E-state index in [0.29, 0.717) is 5.03 Å². The number of pyridine rings is 1. The van der Waals surface area contributed by atoms with Crippen LogP contribution in [0.3, 0.4) is 0 Å². The van der Waals surface area contributed by atoms with E-state index in [2.05, 4.69) is 4.98 Å². The summed E-state index contributed by atoms with van der Waals surface area (Å²) in [6.45, 7) is 0. The summed E-state index contributed by atoms with van der Waals surface area (Å²) in [6.07, 6.45) is 1.81. The minimum atomic E-state index is -0.991. The number of carboxylic acid groups (broad SMARTS) is 1. The van der Waals surface area contributed by atoms with Gasteiger partial charge in [0, 0.05) is 0 Å². The van der Waals surface area contributed by atoms with E-state index in [0.717, 1.165) is 0 Å². The molecule has 0 atom stereocenters. The van der Waals surface area contributed by atoms with Crippen LogP contribution in [-0.4, -0.2) is 22.3 Å². The maximum Gasteiger partial charge on any atom is 0.335 e. The largest absolute Gasteiger partial charge is 0.478 e. The zero-order chi connectivity index (χ0) is 9.14. The van der Waals surface area contributed by atoms with Crippen molar-refractivity contribution >= 4 is 29.3 Å². The third kappa shape index (κ3) is 2.12. The Balaban J connectivity index is 3.15. The number of carboxylic acids is 1. The second-order valence-corrected chi connectivity index (χ2v) is 3.24. The van der Waals surface area contributed by atoms with Crippen LogP contribution in [0.1, 0.15) is 10.4 Å². The number of thioether (sulfide) groups is 1. The number of aromatic nitrogens is 1. The molecular weight excluding hydrogens is 198 g/mol. The fraction of sp³-hybridized carbons (Fsp3) is 0.143. The first kappa shape index (κ1) is 9.35. The molecule has 64 valence electrons. The van der Waals surface area contributed by atoms with Gasteiger partial charge in [0.05, 0.1) is 10.6 Å². The second kappa shape index (κ2) is 3.78. The Morgan fingerprint density at radius 2 is 2.33 bits per heavy atom. The molecule has 0 saturated carbocycles. The summed E-state index contributed by atoms with van der Waals surface area (Å²) in [5, 5.41) is 9.45. The number of halogens is 1. The van der Waals surface area contributed by atoms with Gasteiger partial charge in [-0.3, -0.25) is 0 Å². The van der Waals surface area contributed by atoms with Crippen molar-refractivity contribution in [2.45, 2.75) is 5.03 Å². The zero-order valence-electron chi connectivity index (χ0n) is 6.24. The van der Waals surface area contributed by atoms with Crippen LogP contribution in [0.25, 0.3) is 0 Å². The van der Waals surface area contributed by atoms with Gasteiger partial charge in [-0.1, -0.05) is 11.6 Å². The normalized spacial score (nSPS) is 9.83. The van der Waals surface area contributed by atoms with Crippen molar-refractivity contribution in [3.05, 3.63) is 22.8 Å². The standard InChI is InChI=1S/C7H6ClNO2S/c1-12-6-3-4(7(10)11)2-5(8)9-6/h2-3H,1H3,(H,10,11). The molecule has 1 aromatic rings. The number of carbonyl (C=O) groups is 1. The summed E-state index contributed by atoms with van der Waals surface area (Å²) in [5.41, 5.74) is 0.166. The molecule has 0 aliphatic heterocycles. The molecule has 0 aliphatic rings. The number of hydrogen-bond donors (Lipinski definition) is 1. The molecule has 1 aromatic heterocycles. The molecular formula is C7H6ClNO2S. The first-order chi connectivity index (χ1) is 5.63. The second-order valence-electron chi connectivity index (χ2n) is 2.03. The van der Waals surface area contributed by atoms with Crippen molar-refractivity contribution in [3.8, 4) is 0 Å². The Morgan fingerprint density at radius 1 is 1.67 bits per heavy atom. The molecule has 0 amide bonds. The molecule has 0 bridgehead atoms.